The quantitative estimate of drug-likeness (QED) is 0.212. The summed E-state index contributed by atoms with van der Waals surface area (Å²) in [5, 5.41) is 4.04. The molecule has 8 nitrogen and oxygen atoms in total. The number of fused-ring (bicyclic) bond motifs is 4. The summed E-state index contributed by atoms with van der Waals surface area (Å²) in [4.78, 5) is 17.7. The third-order valence-corrected chi connectivity index (χ3v) is 10.6. The zero-order valence-electron chi connectivity index (χ0n) is 24.7. The summed E-state index contributed by atoms with van der Waals surface area (Å²) in [6.07, 6.45) is 3.28. The average Bonchev–Trinajstić information content (AvgIpc) is 3.64. The summed E-state index contributed by atoms with van der Waals surface area (Å²) in [7, 11) is 0. The number of rotatable bonds is 6. The Kier molecular flexibility index (Phi) is 6.39. The molecule has 45 heavy (non-hydrogen) atoms. The first kappa shape index (κ1) is 28.9. The maximum atomic E-state index is 16.5. The molecule has 13 heteroatoms. The number of piperazine rings is 1. The first-order chi connectivity index (χ1) is 21.5. The molecule has 3 aromatic rings. The molecule has 4 saturated heterocycles. The lowest BCUT2D eigenvalue weighted by Crippen LogP contribution is -2.61. The first-order valence-corrected chi connectivity index (χ1v) is 15.6. The summed E-state index contributed by atoms with van der Waals surface area (Å²) in [6, 6.07) is 1.58. The SMILES string of the molecule is C=C1CN2CCC[C@@]2(COc2nc(N3C[C@@H]4CC[C@](C5CC5)(C3)N4)c3cnc(-c4c(C(F)(F)F)ccc(N)c4F)c(F)c3n2)C1. The molecule has 238 valence electrons. The average molecular weight is 628 g/mol. The van der Waals surface area contributed by atoms with Crippen molar-refractivity contribution in [3.8, 4) is 17.3 Å². The zero-order valence-corrected chi connectivity index (χ0v) is 24.7. The van der Waals surface area contributed by atoms with Gasteiger partial charge in [0.15, 0.2) is 11.6 Å². The predicted molar refractivity (Wildman–Crippen MR) is 159 cm³/mol. The lowest BCUT2D eigenvalue weighted by Gasteiger charge is -2.42. The van der Waals surface area contributed by atoms with Crippen LogP contribution in [0.3, 0.4) is 0 Å². The third-order valence-electron chi connectivity index (χ3n) is 10.6. The van der Waals surface area contributed by atoms with Crippen LogP contribution in [0.5, 0.6) is 6.01 Å². The molecule has 3 N–H and O–H groups in total. The van der Waals surface area contributed by atoms with Crippen LogP contribution in [0, 0.1) is 17.6 Å². The molecule has 3 atom stereocenters. The first-order valence-electron chi connectivity index (χ1n) is 15.6. The molecular weight excluding hydrogens is 593 g/mol. The van der Waals surface area contributed by atoms with Gasteiger partial charge in [-0.1, -0.05) is 12.2 Å². The van der Waals surface area contributed by atoms with E-state index in [2.05, 4.69) is 31.7 Å². The van der Waals surface area contributed by atoms with Gasteiger partial charge in [-0.2, -0.15) is 23.1 Å². The Morgan fingerprint density at radius 3 is 2.71 bits per heavy atom. The number of nitrogens with zero attached hydrogens (tertiary/aromatic N) is 5. The Morgan fingerprint density at radius 2 is 1.93 bits per heavy atom. The molecule has 5 aliphatic rings. The zero-order chi connectivity index (χ0) is 31.3. The normalized spacial score (nSPS) is 28.3. The van der Waals surface area contributed by atoms with Crippen molar-refractivity contribution < 1.29 is 26.7 Å². The molecular formula is C32H34F5N7O. The van der Waals surface area contributed by atoms with E-state index in [9.17, 15) is 13.2 Å². The van der Waals surface area contributed by atoms with Crippen LogP contribution in [0.15, 0.2) is 30.5 Å². The van der Waals surface area contributed by atoms with E-state index in [1.165, 1.54) is 6.20 Å². The number of benzene rings is 1. The Hall–Kier alpha value is -3.58. The number of pyridine rings is 1. The van der Waals surface area contributed by atoms with Gasteiger partial charge < -0.3 is 20.7 Å². The highest BCUT2D eigenvalue weighted by atomic mass is 19.4. The van der Waals surface area contributed by atoms with Crippen molar-refractivity contribution in [1.82, 2.24) is 25.2 Å². The molecule has 1 aliphatic carbocycles. The van der Waals surface area contributed by atoms with Gasteiger partial charge in [-0.3, -0.25) is 9.88 Å². The minimum Gasteiger partial charge on any atom is -0.461 e. The molecule has 6 heterocycles. The number of hydrogen-bond acceptors (Lipinski definition) is 8. The molecule has 5 fully saturated rings. The summed E-state index contributed by atoms with van der Waals surface area (Å²) in [5.74, 6) is -1.63. The van der Waals surface area contributed by atoms with E-state index in [4.69, 9.17) is 15.5 Å². The highest BCUT2D eigenvalue weighted by Gasteiger charge is 2.53. The minimum absolute atomic E-state index is 0.0764. The number of ether oxygens (including phenoxy) is 1. The van der Waals surface area contributed by atoms with Crippen LogP contribution in [0.4, 0.5) is 33.5 Å². The second-order valence-electron chi connectivity index (χ2n) is 13.6. The molecule has 4 aliphatic heterocycles. The van der Waals surface area contributed by atoms with Crippen molar-refractivity contribution in [2.75, 3.05) is 43.4 Å². The molecule has 0 spiro atoms. The Morgan fingerprint density at radius 1 is 1.11 bits per heavy atom. The lowest BCUT2D eigenvalue weighted by atomic mass is 9.90. The second-order valence-corrected chi connectivity index (χ2v) is 13.6. The van der Waals surface area contributed by atoms with Gasteiger partial charge in [0.2, 0.25) is 0 Å². The summed E-state index contributed by atoms with van der Waals surface area (Å²) in [6.45, 7) is 7.40. The molecule has 1 aromatic carbocycles. The maximum absolute atomic E-state index is 16.5. The van der Waals surface area contributed by atoms with Gasteiger partial charge >= 0.3 is 12.2 Å². The van der Waals surface area contributed by atoms with Crippen molar-refractivity contribution >= 4 is 22.4 Å². The summed E-state index contributed by atoms with van der Waals surface area (Å²) >= 11 is 0. The molecule has 0 amide bonds. The molecule has 0 unspecified atom stereocenters. The Balaban J connectivity index is 1.26. The topological polar surface area (TPSA) is 92.4 Å². The summed E-state index contributed by atoms with van der Waals surface area (Å²) in [5.41, 5.74) is 2.35. The van der Waals surface area contributed by atoms with Crippen LogP contribution < -0.4 is 20.7 Å². The van der Waals surface area contributed by atoms with Crippen molar-refractivity contribution in [2.24, 2.45) is 5.92 Å². The van der Waals surface area contributed by atoms with Crippen molar-refractivity contribution in [1.29, 1.82) is 0 Å². The van der Waals surface area contributed by atoms with E-state index in [-0.39, 0.29) is 40.6 Å². The number of anilines is 2. The van der Waals surface area contributed by atoms with Crippen LogP contribution in [-0.4, -0.2) is 69.8 Å². The van der Waals surface area contributed by atoms with Gasteiger partial charge in [0, 0.05) is 37.4 Å². The molecule has 2 aromatic heterocycles. The number of nitrogens with two attached hydrogens (primary N) is 1. The number of aromatic nitrogens is 3. The van der Waals surface area contributed by atoms with Crippen molar-refractivity contribution in [3.63, 3.8) is 0 Å². The predicted octanol–water partition coefficient (Wildman–Crippen LogP) is 5.47. The molecule has 1 saturated carbocycles. The lowest BCUT2D eigenvalue weighted by molar-refractivity contribution is -0.137. The van der Waals surface area contributed by atoms with E-state index >= 15 is 8.78 Å². The van der Waals surface area contributed by atoms with E-state index in [1.807, 2.05) is 0 Å². The van der Waals surface area contributed by atoms with Crippen molar-refractivity contribution in [3.05, 3.63) is 47.7 Å². The van der Waals surface area contributed by atoms with Gasteiger partial charge in [0.25, 0.3) is 0 Å². The second kappa shape index (κ2) is 9.96. The van der Waals surface area contributed by atoms with Crippen LogP contribution in [0.25, 0.3) is 22.2 Å². The molecule has 8 rings (SSSR count). The van der Waals surface area contributed by atoms with E-state index in [0.29, 0.717) is 30.9 Å². The fourth-order valence-electron chi connectivity index (χ4n) is 8.37. The monoisotopic (exact) mass is 627 g/mol. The van der Waals surface area contributed by atoms with Crippen LogP contribution in [0.2, 0.25) is 0 Å². The summed E-state index contributed by atoms with van der Waals surface area (Å²) < 4.78 is 80.0. The van der Waals surface area contributed by atoms with Gasteiger partial charge in [-0.05, 0) is 69.5 Å². The van der Waals surface area contributed by atoms with E-state index in [0.717, 1.165) is 69.7 Å². The van der Waals surface area contributed by atoms with Gasteiger partial charge in [0.05, 0.1) is 27.7 Å². The highest BCUT2D eigenvalue weighted by molar-refractivity contribution is 5.92. The Bertz CT molecular complexity index is 1730. The van der Waals surface area contributed by atoms with Crippen molar-refractivity contribution in [2.45, 2.75) is 68.2 Å². The number of nitrogens with one attached hydrogen (secondary N) is 1. The number of hydrogen-bond donors (Lipinski definition) is 2. The van der Waals surface area contributed by atoms with Crippen LogP contribution in [0.1, 0.15) is 50.5 Å². The highest BCUT2D eigenvalue weighted by Crippen LogP contribution is 2.49. The number of nitrogen functional groups attached to an aromatic ring is 1. The van der Waals surface area contributed by atoms with Gasteiger partial charge in [-0.25, -0.2) is 8.78 Å². The van der Waals surface area contributed by atoms with Gasteiger partial charge in [0.1, 0.15) is 23.6 Å². The van der Waals surface area contributed by atoms with E-state index < -0.39 is 40.3 Å². The standard InChI is InChI=1S/C32H34F5N7O/c1-17-11-30(8-2-10-44(30)13-17)16-45-29-40-26-20(28(41-29)43-14-19-7-9-31(15-43,42-19)18-3-4-18)12-39-27(25(26)34)23-21(32(35,36)37)5-6-22(38)24(23)33/h5-6,12,18-19,42H,1-4,7-11,13-16,38H2/t19-,30-,31+/m0/s1. The minimum atomic E-state index is -4.98. The van der Waals surface area contributed by atoms with Crippen LogP contribution in [-0.2, 0) is 6.18 Å². The fraction of sp³-hybridized carbons (Fsp3) is 0.531. The molecule has 2 bridgehead atoms. The van der Waals surface area contributed by atoms with E-state index in [1.54, 1.807) is 0 Å². The van der Waals surface area contributed by atoms with Crippen LogP contribution >= 0.6 is 0 Å². The maximum Gasteiger partial charge on any atom is 0.417 e. The smallest absolute Gasteiger partial charge is 0.417 e. The number of halogens is 5. The fourth-order valence-corrected chi connectivity index (χ4v) is 8.37. The Labute approximate surface area is 256 Å². The largest absolute Gasteiger partial charge is 0.461 e. The van der Waals surface area contributed by atoms with Gasteiger partial charge in [-0.15, -0.1) is 0 Å². The third kappa shape index (κ3) is 4.64. The number of alkyl halides is 3. The molecule has 0 radical (unpaired) electrons.